The van der Waals surface area contributed by atoms with Crippen molar-refractivity contribution in [3.63, 3.8) is 0 Å². The first-order valence-electron chi connectivity index (χ1n) is 8.09. The van der Waals surface area contributed by atoms with Crippen molar-refractivity contribution < 1.29 is 9.31 Å². The molecule has 4 rings (SSSR count). The molecule has 1 aliphatic rings. The van der Waals surface area contributed by atoms with E-state index in [9.17, 15) is 0 Å². The first kappa shape index (κ1) is 15.4. The molecular formula is C17H21BN4O2. The molecule has 2 aromatic heterocycles. The van der Waals surface area contributed by atoms with E-state index in [-0.39, 0.29) is 18.3 Å². The van der Waals surface area contributed by atoms with E-state index in [0.29, 0.717) is 0 Å². The number of hydrogen-bond donors (Lipinski definition) is 1. The van der Waals surface area contributed by atoms with Crippen LogP contribution in [0.3, 0.4) is 0 Å². The molecule has 3 heterocycles. The summed E-state index contributed by atoms with van der Waals surface area (Å²) in [5.41, 5.74) is 3.14. The summed E-state index contributed by atoms with van der Waals surface area (Å²) in [5, 5.41) is 12.8. The summed E-state index contributed by atoms with van der Waals surface area (Å²) >= 11 is 0. The first-order chi connectivity index (χ1) is 11.3. The molecule has 1 N–H and O–H groups in total. The molecule has 7 heteroatoms. The summed E-state index contributed by atoms with van der Waals surface area (Å²) < 4.78 is 14.1. The van der Waals surface area contributed by atoms with Crippen LogP contribution in [0.15, 0.2) is 30.6 Å². The fourth-order valence-electron chi connectivity index (χ4n) is 2.92. The van der Waals surface area contributed by atoms with Gasteiger partial charge < -0.3 is 9.31 Å². The molecule has 0 aliphatic carbocycles. The fraction of sp³-hybridized carbons (Fsp3) is 0.412. The Bertz CT molecular complexity index is 896. The van der Waals surface area contributed by atoms with Crippen molar-refractivity contribution in [1.82, 2.24) is 20.0 Å². The number of fused-ring (bicyclic) bond motifs is 1. The molecule has 24 heavy (non-hydrogen) atoms. The number of aryl methyl sites for hydroxylation is 1. The second-order valence-electron chi connectivity index (χ2n) is 7.37. The van der Waals surface area contributed by atoms with Crippen LogP contribution >= 0.6 is 0 Å². The Kier molecular flexibility index (Phi) is 3.17. The van der Waals surface area contributed by atoms with Gasteiger partial charge >= 0.3 is 7.12 Å². The number of nitrogens with one attached hydrogen (secondary N) is 1. The summed E-state index contributed by atoms with van der Waals surface area (Å²) in [4.78, 5) is 0. The van der Waals surface area contributed by atoms with Crippen molar-refractivity contribution in [2.75, 3.05) is 0 Å². The van der Waals surface area contributed by atoms with Crippen LogP contribution in [0.25, 0.3) is 22.2 Å². The van der Waals surface area contributed by atoms with E-state index < -0.39 is 0 Å². The van der Waals surface area contributed by atoms with Gasteiger partial charge in [-0.15, -0.1) is 0 Å². The van der Waals surface area contributed by atoms with E-state index in [1.165, 1.54) is 0 Å². The van der Waals surface area contributed by atoms with Gasteiger partial charge in [0.2, 0.25) is 0 Å². The maximum Gasteiger partial charge on any atom is 0.494 e. The third-order valence-corrected chi connectivity index (χ3v) is 5.09. The van der Waals surface area contributed by atoms with Crippen LogP contribution in [0.1, 0.15) is 27.7 Å². The summed E-state index contributed by atoms with van der Waals surface area (Å²) in [5.74, 6) is 0. The number of nitrogens with zero attached hydrogens (tertiary/aromatic N) is 3. The zero-order chi connectivity index (χ0) is 17.1. The summed E-state index contributed by atoms with van der Waals surface area (Å²) in [6.45, 7) is 8.24. The number of aromatic amines is 1. The molecule has 6 nitrogen and oxygen atoms in total. The van der Waals surface area contributed by atoms with Gasteiger partial charge in [-0.2, -0.15) is 10.2 Å². The monoisotopic (exact) mass is 324 g/mol. The van der Waals surface area contributed by atoms with Gasteiger partial charge in [-0.3, -0.25) is 9.78 Å². The lowest BCUT2D eigenvalue weighted by molar-refractivity contribution is 0.00578. The Morgan fingerprint density at radius 1 is 1.12 bits per heavy atom. The second kappa shape index (κ2) is 4.94. The molecule has 0 atom stereocenters. The highest BCUT2D eigenvalue weighted by Gasteiger charge is 2.51. The molecule has 0 saturated carbocycles. The number of H-pyrrole nitrogens is 1. The number of benzene rings is 1. The maximum absolute atomic E-state index is 6.16. The molecule has 3 aromatic rings. The molecule has 1 aromatic carbocycles. The predicted molar refractivity (Wildman–Crippen MR) is 94.0 cm³/mol. The normalized spacial score (nSPS) is 19.3. The molecule has 124 valence electrons. The van der Waals surface area contributed by atoms with Crippen molar-refractivity contribution in [3.05, 3.63) is 30.6 Å². The quantitative estimate of drug-likeness (QED) is 0.735. The molecule has 1 fully saturated rings. The Morgan fingerprint density at radius 2 is 1.83 bits per heavy atom. The molecule has 0 radical (unpaired) electrons. The molecule has 0 amide bonds. The van der Waals surface area contributed by atoms with E-state index in [4.69, 9.17) is 9.31 Å². The fourth-order valence-corrected chi connectivity index (χ4v) is 2.92. The standard InChI is InChI=1S/C17H21BN4O2/c1-16(2)17(3,4)24-18(23-16)12-6-7-14-13(8-12)15(21-20-14)11-9-19-22(5)10-11/h6-10H,1-5H3,(H,20,21). The van der Waals surface area contributed by atoms with Crippen LogP contribution < -0.4 is 5.46 Å². The lowest BCUT2D eigenvalue weighted by Crippen LogP contribution is -2.41. The SMILES string of the molecule is Cn1cc(-c2n[nH]c3ccc(B4OC(C)(C)C(C)(C)O4)cc23)cn1. The van der Waals surface area contributed by atoms with Crippen LogP contribution in [-0.4, -0.2) is 38.3 Å². The van der Waals surface area contributed by atoms with E-state index >= 15 is 0 Å². The molecule has 0 unspecified atom stereocenters. The number of aromatic nitrogens is 4. The third kappa shape index (κ3) is 2.27. The molecular weight excluding hydrogens is 303 g/mol. The Morgan fingerprint density at radius 3 is 2.46 bits per heavy atom. The highest BCUT2D eigenvalue weighted by Crippen LogP contribution is 2.36. The van der Waals surface area contributed by atoms with Crippen molar-refractivity contribution >= 4 is 23.5 Å². The van der Waals surface area contributed by atoms with Gasteiger partial charge in [0, 0.05) is 24.2 Å². The highest BCUT2D eigenvalue weighted by molar-refractivity contribution is 6.62. The van der Waals surface area contributed by atoms with Crippen LogP contribution in [0.2, 0.25) is 0 Å². The third-order valence-electron chi connectivity index (χ3n) is 5.09. The Labute approximate surface area is 141 Å². The average molecular weight is 324 g/mol. The van der Waals surface area contributed by atoms with Gasteiger partial charge in [-0.25, -0.2) is 0 Å². The van der Waals surface area contributed by atoms with Crippen molar-refractivity contribution in [1.29, 1.82) is 0 Å². The zero-order valence-electron chi connectivity index (χ0n) is 14.6. The Balaban J connectivity index is 1.76. The van der Waals surface area contributed by atoms with Crippen LogP contribution in [0.4, 0.5) is 0 Å². The van der Waals surface area contributed by atoms with Gasteiger partial charge in [-0.1, -0.05) is 12.1 Å². The zero-order valence-corrected chi connectivity index (χ0v) is 14.6. The topological polar surface area (TPSA) is 65.0 Å². The van der Waals surface area contributed by atoms with Gasteiger partial charge in [0.15, 0.2) is 0 Å². The minimum atomic E-state index is -0.379. The van der Waals surface area contributed by atoms with Crippen molar-refractivity contribution in [2.45, 2.75) is 38.9 Å². The van der Waals surface area contributed by atoms with Crippen molar-refractivity contribution in [2.24, 2.45) is 7.05 Å². The van der Waals surface area contributed by atoms with Crippen LogP contribution in [0, 0.1) is 0 Å². The van der Waals surface area contributed by atoms with Crippen LogP contribution in [0.5, 0.6) is 0 Å². The maximum atomic E-state index is 6.16. The van der Waals surface area contributed by atoms with E-state index in [0.717, 1.165) is 27.6 Å². The predicted octanol–water partition coefficient (Wildman–Crippen LogP) is 2.26. The van der Waals surface area contributed by atoms with Gasteiger partial charge in [-0.05, 0) is 39.2 Å². The molecule has 0 spiro atoms. The summed E-state index contributed by atoms with van der Waals surface area (Å²) in [6, 6.07) is 6.13. The first-order valence-corrected chi connectivity index (χ1v) is 8.09. The smallest absolute Gasteiger partial charge is 0.399 e. The molecule has 1 saturated heterocycles. The largest absolute Gasteiger partial charge is 0.494 e. The van der Waals surface area contributed by atoms with E-state index in [1.807, 2.05) is 31.6 Å². The highest BCUT2D eigenvalue weighted by atomic mass is 16.7. The Hall–Kier alpha value is -2.12. The van der Waals surface area contributed by atoms with E-state index in [2.05, 4.69) is 49.1 Å². The van der Waals surface area contributed by atoms with Gasteiger partial charge in [0.05, 0.1) is 22.9 Å². The lowest BCUT2D eigenvalue weighted by atomic mass is 9.78. The minimum Gasteiger partial charge on any atom is -0.399 e. The minimum absolute atomic E-state index is 0.352. The molecule has 1 aliphatic heterocycles. The van der Waals surface area contributed by atoms with Crippen LogP contribution in [-0.2, 0) is 16.4 Å². The van der Waals surface area contributed by atoms with Gasteiger partial charge in [0.1, 0.15) is 5.69 Å². The summed E-state index contributed by atoms with van der Waals surface area (Å²) in [6.07, 6.45) is 3.77. The summed E-state index contributed by atoms with van der Waals surface area (Å²) in [7, 11) is 1.52. The van der Waals surface area contributed by atoms with E-state index in [1.54, 1.807) is 4.68 Å². The average Bonchev–Trinajstić information content (AvgIpc) is 3.15. The number of rotatable bonds is 2. The second-order valence-corrected chi connectivity index (χ2v) is 7.37. The van der Waals surface area contributed by atoms with Gasteiger partial charge in [0.25, 0.3) is 0 Å². The molecule has 0 bridgehead atoms. The lowest BCUT2D eigenvalue weighted by Gasteiger charge is -2.32. The van der Waals surface area contributed by atoms with Crippen molar-refractivity contribution in [3.8, 4) is 11.3 Å². The number of hydrogen-bond acceptors (Lipinski definition) is 4.